The van der Waals surface area contributed by atoms with Crippen LogP contribution in [0.3, 0.4) is 0 Å². The summed E-state index contributed by atoms with van der Waals surface area (Å²) in [5.41, 5.74) is 6.95. The first-order valence-electron chi connectivity index (χ1n) is 19.6. The number of carbonyl (C=O) groups excluding carboxylic acids is 9. The average molecular weight is 827 g/mol. The van der Waals surface area contributed by atoms with Crippen molar-refractivity contribution in [2.45, 2.75) is 121 Å². The van der Waals surface area contributed by atoms with E-state index >= 15 is 0 Å². The van der Waals surface area contributed by atoms with Crippen LogP contribution in [0.5, 0.6) is 0 Å². The largest absolute Gasteiger partial charge is 0.368 e. The lowest BCUT2D eigenvalue weighted by atomic mass is 9.93. The molecule has 21 heteroatoms. The molecule has 2 saturated heterocycles. The molecule has 0 bridgehead atoms. The molecule has 7 atom stereocenters. The van der Waals surface area contributed by atoms with Crippen LogP contribution in [0, 0.1) is 17.8 Å². The van der Waals surface area contributed by atoms with Gasteiger partial charge in [-0.05, 0) is 50.4 Å². The van der Waals surface area contributed by atoms with Crippen LogP contribution >= 0.6 is 11.8 Å². The van der Waals surface area contributed by atoms with Crippen molar-refractivity contribution in [2.24, 2.45) is 23.5 Å². The van der Waals surface area contributed by atoms with Gasteiger partial charge < -0.3 is 48.3 Å². The molecular formula is C36H62N10O10S. The van der Waals surface area contributed by atoms with Crippen LogP contribution in [0.2, 0.25) is 0 Å². The molecule has 12 N–H and O–H groups in total. The van der Waals surface area contributed by atoms with Gasteiger partial charge in [0.2, 0.25) is 47.3 Å². The number of hydrogen-bond acceptors (Lipinski definition) is 11. The SMILES string of the molecule is CC[C@H](C)[C@H](NC(=O)CNC(=O)C(CC(=O)NO)CC(C)C)C(=O)NCC(=O)NCC(=O)N[C@@H](CCCCNC(=O)CCCC[C@@H]1SC[C@@H]2NC(=O)N[C@@H]21)C(N)=O. The summed E-state index contributed by atoms with van der Waals surface area (Å²) < 4.78 is 0. The Hall–Kier alpha value is -4.66. The molecule has 2 aliphatic rings. The molecule has 2 fully saturated rings. The van der Waals surface area contributed by atoms with Crippen molar-refractivity contribution < 1.29 is 48.4 Å². The highest BCUT2D eigenvalue weighted by Crippen LogP contribution is 2.33. The number of hydroxylamine groups is 1. The monoisotopic (exact) mass is 826 g/mol. The topological polar surface area (TPSA) is 308 Å². The highest BCUT2D eigenvalue weighted by Gasteiger charge is 2.42. The van der Waals surface area contributed by atoms with Gasteiger partial charge in [0.05, 0.1) is 31.7 Å². The highest BCUT2D eigenvalue weighted by atomic mass is 32.2. The zero-order chi connectivity index (χ0) is 42.5. The number of nitrogens with two attached hydrogens (primary N) is 1. The molecule has 0 aromatic carbocycles. The predicted octanol–water partition coefficient (Wildman–Crippen LogP) is -1.59. The van der Waals surface area contributed by atoms with Crippen molar-refractivity contribution in [3.05, 3.63) is 0 Å². The zero-order valence-electron chi connectivity index (χ0n) is 33.3. The number of carbonyl (C=O) groups is 9. The summed E-state index contributed by atoms with van der Waals surface area (Å²) in [7, 11) is 0. The maximum Gasteiger partial charge on any atom is 0.315 e. The summed E-state index contributed by atoms with van der Waals surface area (Å²) in [6.45, 7) is 6.14. The van der Waals surface area contributed by atoms with Gasteiger partial charge in [-0.25, -0.2) is 10.3 Å². The molecule has 0 spiro atoms. The van der Waals surface area contributed by atoms with E-state index in [2.05, 4.69) is 42.5 Å². The molecule has 2 aliphatic heterocycles. The fourth-order valence-corrected chi connectivity index (χ4v) is 8.02. The van der Waals surface area contributed by atoms with Crippen LogP contribution in [0.4, 0.5) is 4.79 Å². The molecule has 322 valence electrons. The summed E-state index contributed by atoms with van der Waals surface area (Å²) in [5.74, 6) is -5.05. The Labute approximate surface area is 337 Å². The molecule has 0 aromatic rings. The summed E-state index contributed by atoms with van der Waals surface area (Å²) in [5, 5.41) is 30.2. The lowest BCUT2D eigenvalue weighted by Crippen LogP contribution is -2.54. The molecular weight excluding hydrogens is 765 g/mol. The van der Waals surface area contributed by atoms with E-state index < -0.39 is 79.0 Å². The van der Waals surface area contributed by atoms with Crippen molar-refractivity contribution in [1.82, 2.24) is 48.0 Å². The van der Waals surface area contributed by atoms with Crippen molar-refractivity contribution in [3.63, 3.8) is 0 Å². The minimum Gasteiger partial charge on any atom is -0.368 e. The molecule has 1 unspecified atom stereocenters. The van der Waals surface area contributed by atoms with Crippen LogP contribution in [0.1, 0.15) is 91.9 Å². The first-order chi connectivity index (χ1) is 27.0. The third kappa shape index (κ3) is 18.4. The van der Waals surface area contributed by atoms with Crippen LogP contribution in [0.15, 0.2) is 0 Å². The zero-order valence-corrected chi connectivity index (χ0v) is 34.1. The minimum absolute atomic E-state index is 0.0574. The number of rotatable bonds is 27. The lowest BCUT2D eigenvalue weighted by Gasteiger charge is -2.24. The Morgan fingerprint density at radius 2 is 1.47 bits per heavy atom. The second-order valence-electron chi connectivity index (χ2n) is 14.9. The van der Waals surface area contributed by atoms with E-state index in [9.17, 15) is 43.2 Å². The molecule has 0 saturated carbocycles. The number of primary amides is 1. The molecule has 2 heterocycles. The Kier molecular flexibility index (Phi) is 21.7. The second-order valence-corrected chi connectivity index (χ2v) is 16.2. The van der Waals surface area contributed by atoms with Crippen molar-refractivity contribution in [3.8, 4) is 0 Å². The number of unbranched alkanes of at least 4 members (excludes halogenated alkanes) is 2. The molecule has 0 radical (unpaired) electrons. The normalized spacial score (nSPS) is 19.1. The summed E-state index contributed by atoms with van der Waals surface area (Å²) in [6, 6.07) is -1.85. The summed E-state index contributed by atoms with van der Waals surface area (Å²) in [4.78, 5) is 111. The van der Waals surface area contributed by atoms with Crippen molar-refractivity contribution in [1.29, 1.82) is 0 Å². The first-order valence-corrected chi connectivity index (χ1v) is 20.7. The molecule has 0 aliphatic carbocycles. The number of fused-ring (bicyclic) bond motifs is 1. The van der Waals surface area contributed by atoms with Crippen LogP contribution in [-0.2, 0) is 38.4 Å². The molecule has 10 amide bonds. The van der Waals surface area contributed by atoms with Gasteiger partial charge in [-0.3, -0.25) is 43.6 Å². The van der Waals surface area contributed by atoms with E-state index in [0.717, 1.165) is 25.0 Å². The highest BCUT2D eigenvalue weighted by molar-refractivity contribution is 8.00. The third-order valence-electron chi connectivity index (χ3n) is 9.79. The van der Waals surface area contributed by atoms with Crippen LogP contribution in [-0.4, -0.2) is 120 Å². The Bertz CT molecular complexity index is 1420. The standard InChI is InChI=1S/C36H62N10O10S/c1-5-21(4)31(44-30(51)18-40-34(53)22(14-20(2)3)15-27(48)46-56)35(54)41-16-28(49)39-17-29(50)42-23(33(37)52)10-8-9-13-38-26(47)12-7-6-11-25-32-24(19-57-25)43-36(55)45-32/h20-25,31-32,56H,5-19H2,1-4H3,(H2,37,52)(H,38,47)(H,39,49)(H,40,53)(H,41,54)(H,42,50)(H,44,51)(H,46,48)(H2,43,45,55)/t21-,22?,23-,24-,25-,31-,32-/m0/s1. The minimum atomic E-state index is -1.05. The Morgan fingerprint density at radius 1 is 0.807 bits per heavy atom. The van der Waals surface area contributed by atoms with Gasteiger partial charge in [0.15, 0.2) is 0 Å². The van der Waals surface area contributed by atoms with Gasteiger partial charge >= 0.3 is 6.03 Å². The Balaban J connectivity index is 1.65. The quantitative estimate of drug-likeness (QED) is 0.0194. The average Bonchev–Trinajstić information content (AvgIpc) is 3.72. The van der Waals surface area contributed by atoms with E-state index in [1.807, 2.05) is 25.6 Å². The van der Waals surface area contributed by atoms with Crippen molar-refractivity contribution >= 4 is 65.1 Å². The van der Waals surface area contributed by atoms with Crippen LogP contribution < -0.4 is 53.7 Å². The van der Waals surface area contributed by atoms with E-state index in [0.29, 0.717) is 43.9 Å². The molecule has 57 heavy (non-hydrogen) atoms. The number of thioether (sulfide) groups is 1. The number of hydrogen-bond donors (Lipinski definition) is 11. The van der Waals surface area contributed by atoms with Gasteiger partial charge in [-0.15, -0.1) is 0 Å². The van der Waals surface area contributed by atoms with E-state index in [1.165, 1.54) is 5.48 Å². The predicted molar refractivity (Wildman–Crippen MR) is 210 cm³/mol. The fraction of sp³-hybridized carbons (Fsp3) is 0.750. The number of nitrogens with one attached hydrogen (secondary N) is 9. The second kappa shape index (κ2) is 25.6. The van der Waals surface area contributed by atoms with Gasteiger partial charge in [0.25, 0.3) is 0 Å². The van der Waals surface area contributed by atoms with Gasteiger partial charge in [-0.1, -0.05) is 40.5 Å². The lowest BCUT2D eigenvalue weighted by molar-refractivity contribution is -0.136. The van der Waals surface area contributed by atoms with Crippen LogP contribution in [0.25, 0.3) is 0 Å². The fourth-order valence-electron chi connectivity index (χ4n) is 6.47. The maximum atomic E-state index is 13.0. The number of urea groups is 1. The van der Waals surface area contributed by atoms with E-state index in [-0.39, 0.29) is 48.7 Å². The van der Waals surface area contributed by atoms with E-state index in [1.54, 1.807) is 13.8 Å². The van der Waals surface area contributed by atoms with Gasteiger partial charge in [0.1, 0.15) is 12.1 Å². The molecule has 2 rings (SSSR count). The maximum absolute atomic E-state index is 13.0. The molecule has 20 nitrogen and oxygen atoms in total. The first kappa shape index (κ1) is 48.5. The number of amides is 10. The third-order valence-corrected chi connectivity index (χ3v) is 11.3. The smallest absolute Gasteiger partial charge is 0.315 e. The van der Waals surface area contributed by atoms with Gasteiger partial charge in [0, 0.05) is 36.3 Å². The van der Waals surface area contributed by atoms with E-state index in [4.69, 9.17) is 10.9 Å². The molecule has 0 aromatic heterocycles. The summed E-state index contributed by atoms with van der Waals surface area (Å²) in [6.07, 6.45) is 4.72. The summed E-state index contributed by atoms with van der Waals surface area (Å²) >= 11 is 1.84. The van der Waals surface area contributed by atoms with Crippen molar-refractivity contribution in [2.75, 3.05) is 31.9 Å². The van der Waals surface area contributed by atoms with Gasteiger partial charge in [-0.2, -0.15) is 11.8 Å². The Morgan fingerprint density at radius 3 is 2.14 bits per heavy atom.